The lowest BCUT2D eigenvalue weighted by molar-refractivity contribution is -0.138. The molecule has 2 rings (SSSR count). The van der Waals surface area contributed by atoms with E-state index in [9.17, 15) is 9.59 Å². The van der Waals surface area contributed by atoms with Crippen molar-refractivity contribution < 1.29 is 14.7 Å². The van der Waals surface area contributed by atoms with Crippen molar-refractivity contribution in [2.45, 2.75) is 12.5 Å². The van der Waals surface area contributed by atoms with Crippen molar-refractivity contribution in [3.63, 3.8) is 0 Å². The summed E-state index contributed by atoms with van der Waals surface area (Å²) >= 11 is 0. The summed E-state index contributed by atoms with van der Waals surface area (Å²) in [6.07, 6.45) is 0.764. The third-order valence-electron chi connectivity index (χ3n) is 3.68. The molecule has 1 aliphatic rings. The minimum Gasteiger partial charge on any atom is -0.480 e. The van der Waals surface area contributed by atoms with Gasteiger partial charge in [0.15, 0.2) is 0 Å². The monoisotopic (exact) mass is 291 g/mol. The number of carboxylic acid groups (broad SMARTS) is 1. The van der Waals surface area contributed by atoms with Crippen LogP contribution >= 0.6 is 0 Å². The van der Waals surface area contributed by atoms with Gasteiger partial charge in [0.1, 0.15) is 6.04 Å². The number of carbonyl (C=O) groups excluding carboxylic acids is 1. The second-order valence-corrected chi connectivity index (χ2v) is 5.24. The molecule has 1 amide bonds. The van der Waals surface area contributed by atoms with E-state index >= 15 is 0 Å². The summed E-state index contributed by atoms with van der Waals surface area (Å²) in [7, 11) is 0. The maximum atomic E-state index is 12.4. The molecule has 1 aromatic rings. The Labute approximate surface area is 124 Å². The molecule has 1 unspecified atom stereocenters. The van der Waals surface area contributed by atoms with Gasteiger partial charge in [-0.1, -0.05) is 30.3 Å². The molecule has 1 aromatic carbocycles. The first-order chi connectivity index (χ1) is 10.1. The highest BCUT2D eigenvalue weighted by atomic mass is 16.4. The zero-order chi connectivity index (χ0) is 15.2. The van der Waals surface area contributed by atoms with E-state index in [0.29, 0.717) is 26.2 Å². The first-order valence-corrected chi connectivity index (χ1v) is 7.11. The molecule has 114 valence electrons. The average molecular weight is 291 g/mol. The number of carboxylic acids is 1. The summed E-state index contributed by atoms with van der Waals surface area (Å²) in [5.74, 6) is -0.936. The van der Waals surface area contributed by atoms with Crippen LogP contribution in [0.25, 0.3) is 0 Å². The second-order valence-electron chi connectivity index (χ2n) is 5.24. The van der Waals surface area contributed by atoms with Crippen molar-refractivity contribution in [1.29, 1.82) is 0 Å². The molecule has 1 fully saturated rings. The van der Waals surface area contributed by atoms with Crippen LogP contribution in [0.2, 0.25) is 0 Å². The number of hydrogen-bond acceptors (Lipinski definition) is 4. The van der Waals surface area contributed by atoms with E-state index < -0.39 is 12.0 Å². The molecule has 0 saturated carbocycles. The maximum Gasteiger partial charge on any atom is 0.317 e. The molecule has 0 bridgehead atoms. The van der Waals surface area contributed by atoms with Gasteiger partial charge in [-0.25, -0.2) is 0 Å². The third-order valence-corrected chi connectivity index (χ3v) is 3.68. The van der Waals surface area contributed by atoms with Gasteiger partial charge in [-0.15, -0.1) is 0 Å². The normalized spacial score (nSPS) is 18.0. The van der Waals surface area contributed by atoms with Crippen molar-refractivity contribution >= 4 is 11.9 Å². The molecule has 1 saturated heterocycles. The number of benzene rings is 1. The van der Waals surface area contributed by atoms with Crippen molar-refractivity contribution in [1.82, 2.24) is 9.80 Å². The zero-order valence-corrected chi connectivity index (χ0v) is 11.9. The number of nitrogens with zero attached hydrogens (tertiary/aromatic N) is 2. The summed E-state index contributed by atoms with van der Waals surface area (Å²) in [5, 5.41) is 8.83. The molecule has 0 radical (unpaired) electrons. The zero-order valence-electron chi connectivity index (χ0n) is 11.9. The molecule has 6 heteroatoms. The fourth-order valence-corrected chi connectivity index (χ4v) is 2.54. The van der Waals surface area contributed by atoms with Crippen LogP contribution in [0.15, 0.2) is 30.3 Å². The Kier molecular flexibility index (Phi) is 5.30. The van der Waals surface area contributed by atoms with Crippen LogP contribution in [0.4, 0.5) is 0 Å². The molecule has 0 aromatic heterocycles. The van der Waals surface area contributed by atoms with Crippen molar-refractivity contribution in [2.75, 3.05) is 32.7 Å². The number of amides is 1. The fourth-order valence-electron chi connectivity index (χ4n) is 2.54. The van der Waals surface area contributed by atoms with Gasteiger partial charge in [0, 0.05) is 26.2 Å². The van der Waals surface area contributed by atoms with Crippen LogP contribution in [0.5, 0.6) is 0 Å². The molecule has 21 heavy (non-hydrogen) atoms. The molecule has 3 N–H and O–H groups in total. The lowest BCUT2D eigenvalue weighted by atomic mass is 10.1. The predicted molar refractivity (Wildman–Crippen MR) is 78.6 cm³/mol. The number of rotatable bonds is 4. The lowest BCUT2D eigenvalue weighted by Gasteiger charge is -2.24. The summed E-state index contributed by atoms with van der Waals surface area (Å²) in [6.45, 7) is 2.42. The molecule has 0 aliphatic carbocycles. The van der Waals surface area contributed by atoms with Gasteiger partial charge in [0.25, 0.3) is 0 Å². The first-order valence-electron chi connectivity index (χ1n) is 7.11. The van der Waals surface area contributed by atoms with Crippen LogP contribution < -0.4 is 5.73 Å². The Hall–Kier alpha value is -1.92. The van der Waals surface area contributed by atoms with Crippen LogP contribution in [0.3, 0.4) is 0 Å². The molecular weight excluding hydrogens is 270 g/mol. The SMILES string of the molecule is NC(C(=O)N1CCCN(CC(=O)O)CC1)c1ccccc1. The van der Waals surface area contributed by atoms with Gasteiger partial charge < -0.3 is 15.7 Å². The molecule has 0 spiro atoms. The average Bonchev–Trinajstić information content (AvgIpc) is 2.71. The minimum absolute atomic E-state index is 0.0206. The van der Waals surface area contributed by atoms with Crippen LogP contribution in [0, 0.1) is 0 Å². The minimum atomic E-state index is -0.837. The van der Waals surface area contributed by atoms with E-state index in [1.165, 1.54) is 0 Å². The predicted octanol–water partition coefficient (Wildman–Crippen LogP) is 0.305. The highest BCUT2D eigenvalue weighted by molar-refractivity contribution is 5.83. The van der Waals surface area contributed by atoms with Gasteiger partial charge in [-0.2, -0.15) is 0 Å². The van der Waals surface area contributed by atoms with Crippen molar-refractivity contribution in [3.8, 4) is 0 Å². The van der Waals surface area contributed by atoms with E-state index in [4.69, 9.17) is 10.8 Å². The van der Waals surface area contributed by atoms with Crippen LogP contribution in [-0.2, 0) is 9.59 Å². The topological polar surface area (TPSA) is 86.9 Å². The van der Waals surface area contributed by atoms with Crippen LogP contribution in [0.1, 0.15) is 18.0 Å². The third kappa shape index (κ3) is 4.27. The largest absolute Gasteiger partial charge is 0.480 e. The summed E-state index contributed by atoms with van der Waals surface area (Å²) < 4.78 is 0. The Bertz CT molecular complexity index is 492. The molecule has 6 nitrogen and oxygen atoms in total. The maximum absolute atomic E-state index is 12.4. The highest BCUT2D eigenvalue weighted by Crippen LogP contribution is 2.14. The van der Waals surface area contributed by atoms with Gasteiger partial charge >= 0.3 is 5.97 Å². The number of aliphatic carboxylic acids is 1. The Morgan fingerprint density at radius 1 is 1.14 bits per heavy atom. The summed E-state index contributed by atoms with van der Waals surface area (Å²) in [5.41, 5.74) is 6.84. The van der Waals surface area contributed by atoms with Gasteiger partial charge in [-0.3, -0.25) is 14.5 Å². The van der Waals surface area contributed by atoms with E-state index in [1.54, 1.807) is 4.90 Å². The molecule has 1 aliphatic heterocycles. The first kappa shape index (κ1) is 15.5. The standard InChI is InChI=1S/C15H21N3O3/c16-14(12-5-2-1-3-6-12)15(21)18-8-4-7-17(9-10-18)11-13(19)20/h1-3,5-6,14H,4,7-11,16H2,(H,19,20). The second kappa shape index (κ2) is 7.19. The summed E-state index contributed by atoms with van der Waals surface area (Å²) in [6, 6.07) is 8.64. The fraction of sp³-hybridized carbons (Fsp3) is 0.467. The number of hydrogen-bond donors (Lipinski definition) is 2. The van der Waals surface area contributed by atoms with Gasteiger partial charge in [-0.05, 0) is 12.0 Å². The van der Waals surface area contributed by atoms with E-state index in [1.807, 2.05) is 35.2 Å². The van der Waals surface area contributed by atoms with E-state index in [0.717, 1.165) is 12.0 Å². The Balaban J connectivity index is 1.95. The van der Waals surface area contributed by atoms with Gasteiger partial charge in [0.2, 0.25) is 5.91 Å². The summed E-state index contributed by atoms with van der Waals surface area (Å²) in [4.78, 5) is 26.8. The van der Waals surface area contributed by atoms with Crippen molar-refractivity contribution in [3.05, 3.63) is 35.9 Å². The Morgan fingerprint density at radius 2 is 1.86 bits per heavy atom. The van der Waals surface area contributed by atoms with Crippen molar-refractivity contribution in [2.24, 2.45) is 5.73 Å². The quantitative estimate of drug-likeness (QED) is 0.833. The van der Waals surface area contributed by atoms with E-state index in [-0.39, 0.29) is 12.5 Å². The smallest absolute Gasteiger partial charge is 0.317 e. The lowest BCUT2D eigenvalue weighted by Crippen LogP contribution is -2.41. The highest BCUT2D eigenvalue weighted by Gasteiger charge is 2.25. The molecule has 1 heterocycles. The number of nitrogens with two attached hydrogens (primary N) is 1. The number of carbonyl (C=O) groups is 2. The van der Waals surface area contributed by atoms with E-state index in [2.05, 4.69) is 0 Å². The van der Waals surface area contributed by atoms with Crippen LogP contribution in [-0.4, -0.2) is 59.5 Å². The molecule has 1 atom stereocenters. The van der Waals surface area contributed by atoms with Gasteiger partial charge in [0.05, 0.1) is 6.54 Å². The molecular formula is C15H21N3O3. The Morgan fingerprint density at radius 3 is 2.52 bits per heavy atom.